The van der Waals surface area contributed by atoms with Crippen LogP contribution in [0.5, 0.6) is 5.75 Å². The van der Waals surface area contributed by atoms with Crippen LogP contribution in [0.15, 0.2) is 48.5 Å². The Morgan fingerprint density at radius 3 is 2.45 bits per heavy atom. The van der Waals surface area contributed by atoms with Crippen LogP contribution < -0.4 is 15.0 Å². The monoisotopic (exact) mass is 454 g/mol. The number of anilines is 2. The molecule has 0 spiro atoms. The largest absolute Gasteiger partial charge is 0.495 e. The molecule has 33 heavy (non-hydrogen) atoms. The van der Waals surface area contributed by atoms with Gasteiger partial charge in [0.1, 0.15) is 5.75 Å². The summed E-state index contributed by atoms with van der Waals surface area (Å²) in [6.07, 6.45) is -0.259. The predicted molar refractivity (Wildman–Crippen MR) is 120 cm³/mol. The average molecular weight is 454 g/mol. The smallest absolute Gasteiger partial charge is 0.338 e. The molecule has 2 amide bonds. The molecule has 1 aliphatic rings. The zero-order valence-electron chi connectivity index (χ0n) is 18.7. The van der Waals surface area contributed by atoms with Crippen molar-refractivity contribution >= 4 is 35.1 Å². The van der Waals surface area contributed by atoms with Crippen LogP contribution in [0.4, 0.5) is 11.4 Å². The van der Waals surface area contributed by atoms with E-state index in [1.54, 1.807) is 62.4 Å². The second kappa shape index (κ2) is 10.6. The summed E-state index contributed by atoms with van der Waals surface area (Å²) in [7, 11) is 1.48. The highest BCUT2D eigenvalue weighted by Gasteiger charge is 2.36. The number of methoxy groups -OCH3 is 1. The minimum absolute atomic E-state index is 0.0237. The van der Waals surface area contributed by atoms with E-state index in [1.165, 1.54) is 12.0 Å². The molecular weight excluding hydrogens is 428 g/mol. The van der Waals surface area contributed by atoms with Gasteiger partial charge in [-0.2, -0.15) is 0 Å². The molecule has 9 nitrogen and oxygen atoms in total. The van der Waals surface area contributed by atoms with Crippen LogP contribution in [0.1, 0.15) is 30.6 Å². The Balaban J connectivity index is 1.53. The molecule has 1 atom stereocenters. The predicted octanol–water partition coefficient (Wildman–Crippen LogP) is 2.80. The quantitative estimate of drug-likeness (QED) is 0.611. The highest BCUT2D eigenvalue weighted by atomic mass is 16.5. The van der Waals surface area contributed by atoms with Crippen LogP contribution in [0, 0.1) is 5.92 Å². The number of amides is 2. The molecule has 9 heteroatoms. The lowest BCUT2D eigenvalue weighted by atomic mass is 10.1. The van der Waals surface area contributed by atoms with E-state index in [9.17, 15) is 19.2 Å². The number of hydrogen-bond donors (Lipinski definition) is 1. The molecule has 1 saturated heterocycles. The van der Waals surface area contributed by atoms with Crippen molar-refractivity contribution in [3.63, 3.8) is 0 Å². The summed E-state index contributed by atoms with van der Waals surface area (Å²) in [5.41, 5.74) is 1.39. The lowest BCUT2D eigenvalue weighted by Gasteiger charge is -2.17. The minimum atomic E-state index is -0.692. The van der Waals surface area contributed by atoms with Crippen LogP contribution in [0.3, 0.4) is 0 Å². The molecule has 2 aromatic carbocycles. The van der Waals surface area contributed by atoms with Gasteiger partial charge in [0.2, 0.25) is 5.91 Å². The molecule has 1 N–H and O–H groups in total. The van der Waals surface area contributed by atoms with Crippen LogP contribution >= 0.6 is 0 Å². The lowest BCUT2D eigenvalue weighted by molar-refractivity contribution is -0.151. The van der Waals surface area contributed by atoms with Crippen LogP contribution in [-0.2, 0) is 23.9 Å². The number of carbonyl (C=O) groups excluding carboxylic acids is 4. The summed E-state index contributed by atoms with van der Waals surface area (Å²) in [4.78, 5) is 50.4. The molecule has 174 valence electrons. The Morgan fingerprint density at radius 1 is 1.09 bits per heavy atom. The third kappa shape index (κ3) is 6.09. The zero-order valence-corrected chi connectivity index (χ0v) is 18.7. The lowest BCUT2D eigenvalue weighted by Crippen LogP contribution is -2.28. The van der Waals surface area contributed by atoms with Crippen molar-refractivity contribution in [1.82, 2.24) is 0 Å². The second-order valence-corrected chi connectivity index (χ2v) is 7.76. The summed E-state index contributed by atoms with van der Waals surface area (Å²) in [5.74, 6) is -2.04. The van der Waals surface area contributed by atoms with E-state index >= 15 is 0 Å². The van der Waals surface area contributed by atoms with E-state index in [0.29, 0.717) is 22.7 Å². The fourth-order valence-corrected chi connectivity index (χ4v) is 3.36. The van der Waals surface area contributed by atoms with Gasteiger partial charge in [0.25, 0.3) is 5.91 Å². The molecule has 0 bridgehead atoms. The van der Waals surface area contributed by atoms with E-state index < -0.39 is 30.4 Å². The topological polar surface area (TPSA) is 111 Å². The third-order valence-corrected chi connectivity index (χ3v) is 4.94. The number of para-hydroxylation sites is 2. The average Bonchev–Trinajstić information content (AvgIpc) is 3.19. The molecule has 1 heterocycles. The van der Waals surface area contributed by atoms with Gasteiger partial charge in [0.15, 0.2) is 6.61 Å². The normalized spacial score (nSPS) is 15.3. The maximum absolute atomic E-state index is 12.4. The second-order valence-electron chi connectivity index (χ2n) is 7.76. The number of carbonyl (C=O) groups is 4. The van der Waals surface area contributed by atoms with Gasteiger partial charge in [-0.25, -0.2) is 4.79 Å². The van der Waals surface area contributed by atoms with E-state index in [0.717, 1.165) is 0 Å². The molecule has 2 aromatic rings. The summed E-state index contributed by atoms with van der Waals surface area (Å²) >= 11 is 0. The molecule has 0 unspecified atom stereocenters. The van der Waals surface area contributed by atoms with Gasteiger partial charge in [-0.15, -0.1) is 0 Å². The minimum Gasteiger partial charge on any atom is -0.495 e. The number of ether oxygens (including phenoxy) is 3. The number of rotatable bonds is 8. The molecule has 0 aliphatic carbocycles. The van der Waals surface area contributed by atoms with Gasteiger partial charge >= 0.3 is 11.9 Å². The molecule has 0 aromatic heterocycles. The number of nitrogens with one attached hydrogen (secondary N) is 1. The fraction of sp³-hybridized carbons (Fsp3) is 0.333. The Morgan fingerprint density at radius 2 is 1.79 bits per heavy atom. The van der Waals surface area contributed by atoms with Crippen molar-refractivity contribution in [3.8, 4) is 5.75 Å². The van der Waals surface area contributed by atoms with Crippen LogP contribution in [0.25, 0.3) is 0 Å². The molecule has 1 fully saturated rings. The van der Waals surface area contributed by atoms with E-state index in [2.05, 4.69) is 5.32 Å². The SMILES string of the molecule is COc1ccccc1NC(=O)COC(=O)[C@@H]1CC(=O)N(c2ccc(C(=O)OC(C)C)cc2)C1. The number of nitrogens with zero attached hydrogens (tertiary/aromatic N) is 1. The zero-order chi connectivity index (χ0) is 24.0. The Hall–Kier alpha value is -3.88. The number of esters is 2. The maximum atomic E-state index is 12.4. The number of hydrogen-bond acceptors (Lipinski definition) is 7. The van der Waals surface area contributed by atoms with E-state index in [4.69, 9.17) is 14.2 Å². The summed E-state index contributed by atoms with van der Waals surface area (Å²) in [6, 6.07) is 13.3. The van der Waals surface area contributed by atoms with Crippen LogP contribution in [0.2, 0.25) is 0 Å². The fourth-order valence-electron chi connectivity index (χ4n) is 3.36. The molecule has 0 saturated carbocycles. The standard InChI is InChI=1S/C24H26N2O7/c1-15(2)33-24(30)16-8-10-18(11-9-16)26-13-17(12-22(26)28)23(29)32-14-21(27)25-19-6-4-5-7-20(19)31-3/h4-11,15,17H,12-14H2,1-3H3,(H,25,27)/t17-/m1/s1. The molecule has 3 rings (SSSR count). The van der Waals surface area contributed by atoms with Crippen LogP contribution in [-0.4, -0.2) is 50.1 Å². The van der Waals surface area contributed by atoms with Crippen molar-refractivity contribution in [3.05, 3.63) is 54.1 Å². The first-order valence-corrected chi connectivity index (χ1v) is 10.5. The summed E-state index contributed by atoms with van der Waals surface area (Å²) in [6.45, 7) is 3.17. The van der Waals surface area contributed by atoms with Crippen molar-refractivity contribution in [2.24, 2.45) is 5.92 Å². The molecule has 0 radical (unpaired) electrons. The van der Waals surface area contributed by atoms with Crippen molar-refractivity contribution in [2.75, 3.05) is 30.5 Å². The highest BCUT2D eigenvalue weighted by Crippen LogP contribution is 2.27. The van der Waals surface area contributed by atoms with Crippen molar-refractivity contribution in [1.29, 1.82) is 0 Å². The third-order valence-electron chi connectivity index (χ3n) is 4.94. The Bertz CT molecular complexity index is 1030. The van der Waals surface area contributed by atoms with Gasteiger partial charge in [-0.3, -0.25) is 14.4 Å². The first-order chi connectivity index (χ1) is 15.8. The van der Waals surface area contributed by atoms with Gasteiger partial charge in [0.05, 0.1) is 30.4 Å². The first kappa shape index (κ1) is 23.8. The highest BCUT2D eigenvalue weighted by molar-refractivity contribution is 6.00. The van der Waals surface area contributed by atoms with E-state index in [-0.39, 0.29) is 25.0 Å². The first-order valence-electron chi connectivity index (χ1n) is 10.5. The number of benzene rings is 2. The van der Waals surface area contributed by atoms with Gasteiger partial charge in [0, 0.05) is 18.7 Å². The summed E-state index contributed by atoms with van der Waals surface area (Å²) in [5, 5.41) is 2.62. The van der Waals surface area contributed by atoms with Crippen molar-refractivity contribution in [2.45, 2.75) is 26.4 Å². The maximum Gasteiger partial charge on any atom is 0.338 e. The van der Waals surface area contributed by atoms with Gasteiger partial charge in [-0.1, -0.05) is 12.1 Å². The molecular formula is C24H26N2O7. The Kier molecular flexibility index (Phi) is 7.66. The molecule has 1 aliphatic heterocycles. The van der Waals surface area contributed by atoms with Crippen molar-refractivity contribution < 1.29 is 33.4 Å². The summed E-state index contributed by atoms with van der Waals surface area (Å²) < 4.78 is 15.4. The van der Waals surface area contributed by atoms with E-state index in [1.807, 2.05) is 0 Å². The van der Waals surface area contributed by atoms with Gasteiger partial charge in [-0.05, 0) is 50.2 Å². The van der Waals surface area contributed by atoms with Gasteiger partial charge < -0.3 is 24.4 Å². The Labute approximate surface area is 191 Å².